The van der Waals surface area contributed by atoms with Gasteiger partial charge in [0.05, 0.1) is 24.2 Å². The van der Waals surface area contributed by atoms with Crippen LogP contribution in [0.2, 0.25) is 0 Å². The van der Waals surface area contributed by atoms with Gasteiger partial charge in [-0.05, 0) is 61.7 Å². The van der Waals surface area contributed by atoms with Gasteiger partial charge in [0.15, 0.2) is 11.4 Å². The van der Waals surface area contributed by atoms with Gasteiger partial charge in [0.2, 0.25) is 0 Å². The van der Waals surface area contributed by atoms with Gasteiger partial charge >= 0.3 is 5.69 Å². The van der Waals surface area contributed by atoms with Crippen LogP contribution in [-0.4, -0.2) is 55.8 Å². The van der Waals surface area contributed by atoms with E-state index in [-0.39, 0.29) is 11.7 Å². The Morgan fingerprint density at radius 1 is 1.26 bits per heavy atom. The number of likely N-dealkylation sites (N-methyl/N-ethyl adjacent to an activating group) is 1. The van der Waals surface area contributed by atoms with Gasteiger partial charge in [0, 0.05) is 18.3 Å². The average molecular weight is 421 g/mol. The smallest absolute Gasteiger partial charge is 0.326 e. The van der Waals surface area contributed by atoms with Crippen LogP contribution < -0.4 is 10.4 Å². The predicted octanol–water partition coefficient (Wildman–Crippen LogP) is 3.27. The van der Waals surface area contributed by atoms with Crippen LogP contribution in [0.3, 0.4) is 0 Å². The van der Waals surface area contributed by atoms with Crippen molar-refractivity contribution in [3.63, 3.8) is 0 Å². The maximum absolute atomic E-state index is 13.0. The van der Waals surface area contributed by atoms with E-state index in [2.05, 4.69) is 45.9 Å². The normalized spacial score (nSPS) is 17.6. The summed E-state index contributed by atoms with van der Waals surface area (Å²) in [6, 6.07) is 6.45. The number of nitrogens with one attached hydrogen (secondary N) is 1. The number of imidazole rings is 1. The lowest BCUT2D eigenvalue weighted by atomic mass is 9.97. The van der Waals surface area contributed by atoms with E-state index in [0.29, 0.717) is 11.4 Å². The number of methoxy groups -OCH3 is 1. The molecule has 1 aliphatic heterocycles. The number of H-pyrrole nitrogens is 1. The Bertz CT molecular complexity index is 1300. The molecular formula is C23H28N6O2. The summed E-state index contributed by atoms with van der Waals surface area (Å²) in [5.74, 6) is 0.671. The lowest BCUT2D eigenvalue weighted by Gasteiger charge is -2.32. The molecule has 0 bridgehead atoms. The molecular weight excluding hydrogens is 392 g/mol. The first kappa shape index (κ1) is 19.8. The summed E-state index contributed by atoms with van der Waals surface area (Å²) in [5.41, 5.74) is 5.75. The van der Waals surface area contributed by atoms with Crippen LogP contribution in [0.5, 0.6) is 5.75 Å². The average Bonchev–Trinajstić information content (AvgIpc) is 3.40. The van der Waals surface area contributed by atoms with E-state index in [4.69, 9.17) is 4.74 Å². The van der Waals surface area contributed by atoms with Crippen LogP contribution in [0.25, 0.3) is 27.8 Å². The fourth-order valence-electron chi connectivity index (χ4n) is 4.86. The summed E-state index contributed by atoms with van der Waals surface area (Å²) in [5, 5.41) is 4.28. The van der Waals surface area contributed by atoms with Crippen LogP contribution >= 0.6 is 0 Å². The monoisotopic (exact) mass is 420 g/mol. The zero-order valence-electron chi connectivity index (χ0n) is 18.3. The van der Waals surface area contributed by atoms with Crippen LogP contribution in [-0.2, 0) is 6.42 Å². The van der Waals surface area contributed by atoms with Crippen molar-refractivity contribution in [1.29, 1.82) is 0 Å². The first-order valence-electron chi connectivity index (χ1n) is 11.0. The summed E-state index contributed by atoms with van der Waals surface area (Å²) in [4.78, 5) is 22.8. The highest BCUT2D eigenvalue weighted by Crippen LogP contribution is 2.33. The molecule has 8 nitrogen and oxygen atoms in total. The van der Waals surface area contributed by atoms with Crippen LogP contribution in [0.4, 0.5) is 0 Å². The topological polar surface area (TPSA) is 80.5 Å². The van der Waals surface area contributed by atoms with Crippen molar-refractivity contribution in [3.8, 4) is 16.9 Å². The fourth-order valence-corrected chi connectivity index (χ4v) is 4.86. The van der Waals surface area contributed by atoms with Crippen molar-refractivity contribution in [2.75, 3.05) is 26.7 Å². The molecule has 0 saturated carbocycles. The number of aromatic amines is 1. The molecule has 1 N–H and O–H groups in total. The summed E-state index contributed by atoms with van der Waals surface area (Å²) in [7, 11) is 1.64. The van der Waals surface area contributed by atoms with Crippen molar-refractivity contribution in [3.05, 3.63) is 46.8 Å². The predicted molar refractivity (Wildman–Crippen MR) is 121 cm³/mol. The van der Waals surface area contributed by atoms with Crippen molar-refractivity contribution in [2.24, 2.45) is 0 Å². The lowest BCUT2D eigenvalue weighted by molar-refractivity contribution is 0.185. The van der Waals surface area contributed by atoms with Crippen molar-refractivity contribution < 1.29 is 4.74 Å². The zero-order chi connectivity index (χ0) is 21.5. The third-order valence-electron chi connectivity index (χ3n) is 6.49. The van der Waals surface area contributed by atoms with E-state index in [0.717, 1.165) is 61.1 Å². The quantitative estimate of drug-likeness (QED) is 0.536. The molecule has 1 saturated heterocycles. The molecule has 31 heavy (non-hydrogen) atoms. The van der Waals surface area contributed by atoms with Crippen molar-refractivity contribution in [1.82, 2.24) is 29.0 Å². The van der Waals surface area contributed by atoms with E-state index in [1.165, 1.54) is 11.9 Å². The largest absolute Gasteiger partial charge is 0.493 e. The number of nitrogens with zero attached hydrogens (tertiary/aromatic N) is 5. The number of benzene rings is 1. The molecule has 4 aromatic rings. The molecule has 0 aliphatic carbocycles. The van der Waals surface area contributed by atoms with Gasteiger partial charge in [-0.2, -0.15) is 5.10 Å². The summed E-state index contributed by atoms with van der Waals surface area (Å²) >= 11 is 0. The third-order valence-corrected chi connectivity index (χ3v) is 6.49. The van der Waals surface area contributed by atoms with E-state index < -0.39 is 0 Å². The highest BCUT2D eigenvalue weighted by atomic mass is 16.5. The Morgan fingerprint density at radius 3 is 2.90 bits per heavy atom. The molecule has 0 amide bonds. The Morgan fingerprint density at radius 2 is 2.13 bits per heavy atom. The molecule has 5 rings (SSSR count). The summed E-state index contributed by atoms with van der Waals surface area (Å²) < 4.78 is 9.25. The number of fused-ring (bicyclic) bond motifs is 2. The molecule has 1 fully saturated rings. The number of hydrogen-bond donors (Lipinski definition) is 1. The SMILES string of the molecule is CCc1cc2c(cc1-c1cc(OC)c3ncnn3c1)[nH]c(=O)n2C1CCCN(CC)C1. The van der Waals surface area contributed by atoms with Gasteiger partial charge in [0.1, 0.15) is 6.33 Å². The molecule has 3 aromatic heterocycles. The van der Waals surface area contributed by atoms with Crippen LogP contribution in [0.15, 0.2) is 35.5 Å². The Labute approximate surface area is 180 Å². The standard InChI is InChI=1S/C23H28N6O2/c1-4-15-9-20-19(26-23(30)29(20)17-7-6-8-27(5-2)13-17)11-18(15)16-10-21(31-3)22-24-14-25-28(22)12-16/h9-12,14,17H,4-8,13H2,1-3H3,(H,26,30). The number of piperidine rings is 1. The van der Waals surface area contributed by atoms with Gasteiger partial charge in [-0.15, -0.1) is 0 Å². The number of pyridine rings is 1. The number of likely N-dealkylation sites (tertiary alicyclic amines) is 1. The van der Waals surface area contributed by atoms with Crippen LogP contribution in [0.1, 0.15) is 38.3 Å². The van der Waals surface area contributed by atoms with Gasteiger partial charge in [0.25, 0.3) is 0 Å². The van der Waals surface area contributed by atoms with E-state index in [9.17, 15) is 4.79 Å². The Hall–Kier alpha value is -3.13. The van der Waals surface area contributed by atoms with Crippen molar-refractivity contribution >= 4 is 16.7 Å². The number of rotatable bonds is 5. The molecule has 4 heterocycles. The van der Waals surface area contributed by atoms with Gasteiger partial charge in [-0.3, -0.25) is 4.57 Å². The van der Waals surface area contributed by atoms with E-state index in [1.807, 2.05) is 16.8 Å². The molecule has 1 aromatic carbocycles. The molecule has 8 heteroatoms. The van der Waals surface area contributed by atoms with E-state index in [1.54, 1.807) is 11.6 Å². The second-order valence-corrected chi connectivity index (χ2v) is 8.19. The minimum atomic E-state index is -0.0264. The number of aromatic nitrogens is 5. The van der Waals surface area contributed by atoms with Crippen LogP contribution in [0, 0.1) is 0 Å². The first-order chi connectivity index (χ1) is 15.1. The molecule has 162 valence electrons. The molecule has 0 radical (unpaired) electrons. The zero-order valence-corrected chi connectivity index (χ0v) is 18.3. The molecule has 1 atom stereocenters. The maximum Gasteiger partial charge on any atom is 0.326 e. The Kier molecular flexibility index (Phi) is 5.02. The third kappa shape index (κ3) is 3.31. The Balaban J connectivity index is 1.66. The minimum Gasteiger partial charge on any atom is -0.493 e. The van der Waals surface area contributed by atoms with E-state index >= 15 is 0 Å². The fraction of sp³-hybridized carbons (Fsp3) is 0.435. The second kappa shape index (κ2) is 7.85. The van der Waals surface area contributed by atoms with Gasteiger partial charge in [-0.1, -0.05) is 13.8 Å². The highest BCUT2D eigenvalue weighted by molar-refractivity contribution is 5.85. The maximum atomic E-state index is 13.0. The molecule has 1 aliphatic rings. The van der Waals surface area contributed by atoms with Gasteiger partial charge in [-0.25, -0.2) is 14.3 Å². The number of aryl methyl sites for hydroxylation is 1. The number of ether oxygens (including phenoxy) is 1. The molecule has 1 unspecified atom stereocenters. The lowest BCUT2D eigenvalue weighted by Crippen LogP contribution is -2.39. The first-order valence-corrected chi connectivity index (χ1v) is 11.0. The van der Waals surface area contributed by atoms with Gasteiger partial charge < -0.3 is 14.6 Å². The second-order valence-electron chi connectivity index (χ2n) is 8.19. The molecule has 0 spiro atoms. The highest BCUT2D eigenvalue weighted by Gasteiger charge is 2.24. The number of hydrogen-bond acceptors (Lipinski definition) is 5. The summed E-state index contributed by atoms with van der Waals surface area (Å²) in [6.07, 6.45) is 6.49. The van der Waals surface area contributed by atoms with Crippen molar-refractivity contribution in [2.45, 2.75) is 39.2 Å². The summed E-state index contributed by atoms with van der Waals surface area (Å²) in [6.45, 7) is 7.38. The minimum absolute atomic E-state index is 0.0264.